The zero-order valence-electron chi connectivity index (χ0n) is 14.9. The van der Waals surface area contributed by atoms with E-state index in [0.29, 0.717) is 11.3 Å². The Bertz CT molecular complexity index is 905. The maximum atomic E-state index is 13.4. The summed E-state index contributed by atoms with van der Waals surface area (Å²) in [5.74, 6) is 0. The molecule has 0 atom stereocenters. The van der Waals surface area contributed by atoms with Gasteiger partial charge in [0.15, 0.2) is 0 Å². The van der Waals surface area contributed by atoms with E-state index in [-0.39, 0.29) is 0 Å². The van der Waals surface area contributed by atoms with Crippen LogP contribution in [0.3, 0.4) is 0 Å². The Morgan fingerprint density at radius 1 is 0.731 bits per heavy atom. The quantitative estimate of drug-likeness (QED) is 0.531. The molecule has 0 radical (unpaired) electrons. The second-order valence-corrected chi connectivity index (χ2v) is 6.56. The minimum atomic E-state index is -4.40. The fourth-order valence-corrected chi connectivity index (χ4v) is 3.18. The third kappa shape index (κ3) is 3.90. The molecule has 134 valence electrons. The van der Waals surface area contributed by atoms with Gasteiger partial charge in [-0.1, -0.05) is 48.0 Å². The van der Waals surface area contributed by atoms with Crippen LogP contribution in [-0.2, 0) is 6.18 Å². The van der Waals surface area contributed by atoms with Crippen molar-refractivity contribution in [2.45, 2.75) is 26.9 Å². The minimum absolute atomic E-state index is 0.425. The minimum Gasteiger partial charge on any atom is -0.355 e. The van der Waals surface area contributed by atoms with Crippen LogP contribution in [0.5, 0.6) is 0 Å². The van der Waals surface area contributed by atoms with Crippen LogP contribution in [-0.4, -0.2) is 0 Å². The molecular formula is C22H20F3N. The van der Waals surface area contributed by atoms with Crippen molar-refractivity contribution in [3.63, 3.8) is 0 Å². The van der Waals surface area contributed by atoms with Gasteiger partial charge in [0.25, 0.3) is 0 Å². The molecule has 0 bridgehead atoms. The maximum Gasteiger partial charge on any atom is 0.416 e. The van der Waals surface area contributed by atoms with Crippen molar-refractivity contribution in [2.75, 3.05) is 5.32 Å². The molecule has 1 nitrogen and oxygen atoms in total. The molecule has 0 saturated heterocycles. The summed E-state index contributed by atoms with van der Waals surface area (Å²) >= 11 is 0. The molecule has 26 heavy (non-hydrogen) atoms. The molecule has 0 aliphatic heterocycles. The highest BCUT2D eigenvalue weighted by molar-refractivity contribution is 5.74. The van der Waals surface area contributed by atoms with Crippen molar-refractivity contribution in [1.82, 2.24) is 0 Å². The van der Waals surface area contributed by atoms with Crippen LogP contribution in [0, 0.1) is 20.8 Å². The van der Waals surface area contributed by atoms with Crippen LogP contribution in [0.4, 0.5) is 24.5 Å². The molecule has 0 aliphatic rings. The predicted molar refractivity (Wildman–Crippen MR) is 101 cm³/mol. The average Bonchev–Trinajstić information content (AvgIpc) is 2.58. The largest absolute Gasteiger partial charge is 0.416 e. The van der Waals surface area contributed by atoms with Crippen LogP contribution in [0.25, 0.3) is 11.1 Å². The SMILES string of the molecule is Cc1cc(C)c(Nc2cc(-c3ccccc3)cc(C(F)(F)F)c2)c(C)c1. The van der Waals surface area contributed by atoms with Crippen molar-refractivity contribution >= 4 is 11.4 Å². The molecule has 0 aliphatic carbocycles. The number of nitrogens with one attached hydrogen (secondary N) is 1. The summed E-state index contributed by atoms with van der Waals surface area (Å²) in [6.07, 6.45) is -4.40. The van der Waals surface area contributed by atoms with Gasteiger partial charge in [-0.3, -0.25) is 0 Å². The van der Waals surface area contributed by atoms with E-state index in [0.717, 1.165) is 34.0 Å². The lowest BCUT2D eigenvalue weighted by Gasteiger charge is -2.17. The van der Waals surface area contributed by atoms with Gasteiger partial charge < -0.3 is 5.32 Å². The van der Waals surface area contributed by atoms with E-state index in [9.17, 15) is 13.2 Å². The molecule has 0 saturated carbocycles. The number of halogens is 3. The van der Waals surface area contributed by atoms with E-state index in [4.69, 9.17) is 0 Å². The van der Waals surface area contributed by atoms with E-state index in [1.165, 1.54) is 6.07 Å². The monoisotopic (exact) mass is 355 g/mol. The third-order valence-corrected chi connectivity index (χ3v) is 4.31. The van der Waals surface area contributed by atoms with Crippen molar-refractivity contribution in [3.05, 3.63) is 82.9 Å². The molecule has 0 aromatic heterocycles. The number of hydrogen-bond donors (Lipinski definition) is 1. The molecule has 0 spiro atoms. The van der Waals surface area contributed by atoms with Gasteiger partial charge in [-0.25, -0.2) is 0 Å². The number of anilines is 2. The Kier molecular flexibility index (Phi) is 4.77. The van der Waals surface area contributed by atoms with Crippen LogP contribution < -0.4 is 5.32 Å². The molecule has 3 aromatic rings. The lowest BCUT2D eigenvalue weighted by Crippen LogP contribution is -2.06. The lowest BCUT2D eigenvalue weighted by molar-refractivity contribution is -0.137. The van der Waals surface area contributed by atoms with E-state index >= 15 is 0 Å². The first-order chi connectivity index (χ1) is 12.2. The third-order valence-electron chi connectivity index (χ3n) is 4.31. The van der Waals surface area contributed by atoms with Crippen molar-refractivity contribution in [1.29, 1.82) is 0 Å². The Morgan fingerprint density at radius 2 is 1.35 bits per heavy atom. The Morgan fingerprint density at radius 3 is 1.92 bits per heavy atom. The zero-order chi connectivity index (χ0) is 18.9. The zero-order valence-corrected chi connectivity index (χ0v) is 14.9. The normalized spacial score (nSPS) is 11.5. The summed E-state index contributed by atoms with van der Waals surface area (Å²) in [5.41, 5.74) is 5.01. The molecule has 4 heteroatoms. The molecule has 1 N–H and O–H groups in total. The smallest absolute Gasteiger partial charge is 0.355 e. The molecule has 3 aromatic carbocycles. The van der Waals surface area contributed by atoms with Gasteiger partial charge in [0, 0.05) is 11.4 Å². The summed E-state index contributed by atoms with van der Waals surface area (Å²) in [4.78, 5) is 0. The van der Waals surface area contributed by atoms with Gasteiger partial charge >= 0.3 is 6.18 Å². The van der Waals surface area contributed by atoms with Gasteiger partial charge in [0.05, 0.1) is 5.56 Å². The Labute approximate surface area is 151 Å². The topological polar surface area (TPSA) is 12.0 Å². The van der Waals surface area contributed by atoms with Gasteiger partial charge in [-0.2, -0.15) is 13.2 Å². The summed E-state index contributed by atoms with van der Waals surface area (Å²) < 4.78 is 40.2. The second kappa shape index (κ2) is 6.87. The Hall–Kier alpha value is -2.75. The number of benzene rings is 3. The van der Waals surface area contributed by atoms with Gasteiger partial charge in [-0.15, -0.1) is 0 Å². The molecule has 3 rings (SSSR count). The number of alkyl halides is 3. The summed E-state index contributed by atoms with van der Waals surface area (Å²) in [5, 5.41) is 3.19. The summed E-state index contributed by atoms with van der Waals surface area (Å²) in [6.45, 7) is 5.91. The van der Waals surface area contributed by atoms with E-state index in [1.54, 1.807) is 6.07 Å². The Balaban J connectivity index is 2.10. The van der Waals surface area contributed by atoms with Crippen LogP contribution >= 0.6 is 0 Å². The molecular weight excluding hydrogens is 335 g/mol. The van der Waals surface area contributed by atoms with Gasteiger partial charge in [-0.05, 0) is 61.2 Å². The fourth-order valence-electron chi connectivity index (χ4n) is 3.18. The first-order valence-electron chi connectivity index (χ1n) is 8.36. The maximum absolute atomic E-state index is 13.4. The standard InChI is InChI=1S/C22H20F3N/c1-14-9-15(2)21(16(3)10-14)26-20-12-18(17-7-5-4-6-8-17)11-19(13-20)22(23,24)25/h4-13,26H,1-3H3. The van der Waals surface area contributed by atoms with Crippen LogP contribution in [0.2, 0.25) is 0 Å². The summed E-state index contributed by atoms with van der Waals surface area (Å²) in [7, 11) is 0. The van der Waals surface area contributed by atoms with Gasteiger partial charge in [0.1, 0.15) is 0 Å². The molecule has 0 amide bonds. The summed E-state index contributed by atoms with van der Waals surface area (Å²) in [6, 6.07) is 17.2. The average molecular weight is 355 g/mol. The van der Waals surface area contributed by atoms with Crippen LogP contribution in [0.15, 0.2) is 60.7 Å². The van der Waals surface area contributed by atoms with Crippen molar-refractivity contribution in [3.8, 4) is 11.1 Å². The van der Waals surface area contributed by atoms with Crippen molar-refractivity contribution < 1.29 is 13.2 Å². The lowest BCUT2D eigenvalue weighted by atomic mass is 10.0. The fraction of sp³-hybridized carbons (Fsp3) is 0.182. The molecule has 0 fully saturated rings. The van der Waals surface area contributed by atoms with E-state index in [2.05, 4.69) is 5.32 Å². The molecule has 0 heterocycles. The highest BCUT2D eigenvalue weighted by Crippen LogP contribution is 2.36. The highest BCUT2D eigenvalue weighted by Gasteiger charge is 2.31. The highest BCUT2D eigenvalue weighted by atomic mass is 19.4. The predicted octanol–water partition coefficient (Wildman–Crippen LogP) is 7.04. The number of rotatable bonds is 3. The van der Waals surface area contributed by atoms with E-state index < -0.39 is 11.7 Å². The van der Waals surface area contributed by atoms with E-state index in [1.807, 2.05) is 63.2 Å². The van der Waals surface area contributed by atoms with Crippen molar-refractivity contribution in [2.24, 2.45) is 0 Å². The first-order valence-corrected chi connectivity index (χ1v) is 8.36. The number of hydrogen-bond acceptors (Lipinski definition) is 1. The number of aryl methyl sites for hydroxylation is 3. The molecule has 0 unspecified atom stereocenters. The first kappa shape index (κ1) is 18.1. The van der Waals surface area contributed by atoms with Crippen LogP contribution in [0.1, 0.15) is 22.3 Å². The second-order valence-electron chi connectivity index (χ2n) is 6.56. The van der Waals surface area contributed by atoms with Gasteiger partial charge in [0.2, 0.25) is 0 Å².